The summed E-state index contributed by atoms with van der Waals surface area (Å²) in [5.74, 6) is 0.458. The lowest BCUT2D eigenvalue weighted by Crippen LogP contribution is -1.96. The molecule has 1 amide bonds. The molecule has 3 nitrogen and oxygen atoms in total. The second-order valence-electron chi connectivity index (χ2n) is 3.70. The Bertz CT molecular complexity index is 544. The molecule has 0 fully saturated rings. The number of rotatable bonds is 3. The van der Waals surface area contributed by atoms with E-state index in [0.717, 1.165) is 11.3 Å². The summed E-state index contributed by atoms with van der Waals surface area (Å²) >= 11 is 0. The van der Waals surface area contributed by atoms with Crippen LogP contribution in [0.5, 0.6) is 5.75 Å². The van der Waals surface area contributed by atoms with Crippen LogP contribution in [-0.4, -0.2) is 19.2 Å². The zero-order chi connectivity index (χ0) is 12.8. The average molecular weight is 239 g/mol. The summed E-state index contributed by atoms with van der Waals surface area (Å²) in [4.78, 5) is 15.7. The number of methoxy groups -OCH3 is 1. The van der Waals surface area contributed by atoms with Gasteiger partial charge in [-0.1, -0.05) is 30.3 Å². The first-order valence-corrected chi connectivity index (χ1v) is 5.57. The van der Waals surface area contributed by atoms with Gasteiger partial charge in [-0.15, -0.1) is 0 Å². The van der Waals surface area contributed by atoms with Crippen molar-refractivity contribution >= 4 is 12.1 Å². The van der Waals surface area contributed by atoms with Crippen LogP contribution in [0.15, 0.2) is 59.6 Å². The van der Waals surface area contributed by atoms with E-state index in [1.807, 2.05) is 30.3 Å². The fourth-order valence-electron chi connectivity index (χ4n) is 1.48. The van der Waals surface area contributed by atoms with Gasteiger partial charge in [-0.2, -0.15) is 0 Å². The molecule has 2 aromatic carbocycles. The average Bonchev–Trinajstić information content (AvgIpc) is 2.46. The first-order valence-electron chi connectivity index (χ1n) is 5.57. The number of benzene rings is 2. The van der Waals surface area contributed by atoms with Crippen LogP contribution in [0.4, 0.5) is 0 Å². The van der Waals surface area contributed by atoms with Crippen molar-refractivity contribution in [3.05, 3.63) is 65.7 Å². The molecule has 0 aliphatic carbocycles. The standard InChI is InChI=1S/C15H13NO2/c1-18-14-9-7-13(8-10-14)15(17)16-11-12-5-3-2-4-6-12/h2-11H,1H3. The van der Waals surface area contributed by atoms with E-state index in [0.29, 0.717) is 5.56 Å². The van der Waals surface area contributed by atoms with Gasteiger partial charge in [0, 0.05) is 11.8 Å². The third-order valence-electron chi connectivity index (χ3n) is 2.47. The summed E-state index contributed by atoms with van der Waals surface area (Å²) in [6, 6.07) is 16.4. The maximum atomic E-state index is 11.8. The normalized spacial score (nSPS) is 10.5. The predicted octanol–water partition coefficient (Wildman–Crippen LogP) is 2.95. The molecule has 2 rings (SSSR count). The lowest BCUT2D eigenvalue weighted by atomic mass is 10.2. The Hall–Kier alpha value is -2.42. The molecule has 0 spiro atoms. The van der Waals surface area contributed by atoms with Crippen molar-refractivity contribution in [2.45, 2.75) is 0 Å². The Morgan fingerprint density at radius 1 is 1.06 bits per heavy atom. The van der Waals surface area contributed by atoms with Crippen LogP contribution in [0.3, 0.4) is 0 Å². The fraction of sp³-hybridized carbons (Fsp3) is 0.0667. The summed E-state index contributed by atoms with van der Waals surface area (Å²) < 4.78 is 5.03. The first-order chi connectivity index (χ1) is 8.79. The van der Waals surface area contributed by atoms with Crippen molar-refractivity contribution in [2.24, 2.45) is 4.99 Å². The molecule has 3 heteroatoms. The molecule has 0 radical (unpaired) electrons. The molecule has 0 aliphatic heterocycles. The van der Waals surface area contributed by atoms with Crippen molar-refractivity contribution in [3.63, 3.8) is 0 Å². The highest BCUT2D eigenvalue weighted by atomic mass is 16.5. The molecule has 0 saturated carbocycles. The van der Waals surface area contributed by atoms with Crippen LogP contribution in [0.25, 0.3) is 0 Å². The van der Waals surface area contributed by atoms with Crippen molar-refractivity contribution in [2.75, 3.05) is 7.11 Å². The number of hydrogen-bond donors (Lipinski definition) is 0. The van der Waals surface area contributed by atoms with Gasteiger partial charge in [-0.25, -0.2) is 4.99 Å². The molecule has 0 unspecified atom stereocenters. The molecule has 0 heterocycles. The molecule has 18 heavy (non-hydrogen) atoms. The number of amides is 1. The molecule has 0 bridgehead atoms. The summed E-state index contributed by atoms with van der Waals surface area (Å²) in [6.07, 6.45) is 1.56. The highest BCUT2D eigenvalue weighted by Crippen LogP contribution is 2.12. The first kappa shape index (κ1) is 12.0. The van der Waals surface area contributed by atoms with Crippen LogP contribution in [0, 0.1) is 0 Å². The van der Waals surface area contributed by atoms with E-state index in [2.05, 4.69) is 4.99 Å². The third kappa shape index (κ3) is 3.04. The van der Waals surface area contributed by atoms with E-state index in [4.69, 9.17) is 4.74 Å². The molecular weight excluding hydrogens is 226 g/mol. The van der Waals surface area contributed by atoms with E-state index >= 15 is 0 Å². The van der Waals surface area contributed by atoms with Crippen LogP contribution >= 0.6 is 0 Å². The van der Waals surface area contributed by atoms with Crippen molar-refractivity contribution < 1.29 is 9.53 Å². The maximum absolute atomic E-state index is 11.8. The number of nitrogens with zero attached hydrogens (tertiary/aromatic N) is 1. The van der Waals surface area contributed by atoms with Gasteiger partial charge in [0.1, 0.15) is 5.75 Å². The van der Waals surface area contributed by atoms with E-state index < -0.39 is 0 Å². The Kier molecular flexibility index (Phi) is 3.86. The van der Waals surface area contributed by atoms with Crippen LogP contribution in [0.1, 0.15) is 15.9 Å². The van der Waals surface area contributed by atoms with Gasteiger partial charge >= 0.3 is 0 Å². The third-order valence-corrected chi connectivity index (χ3v) is 2.47. The minimum Gasteiger partial charge on any atom is -0.497 e. The zero-order valence-corrected chi connectivity index (χ0v) is 10.0. The fourth-order valence-corrected chi connectivity index (χ4v) is 1.48. The number of hydrogen-bond acceptors (Lipinski definition) is 2. The highest BCUT2D eigenvalue weighted by molar-refractivity contribution is 6.01. The molecule has 90 valence electrons. The molecule has 2 aromatic rings. The summed E-state index contributed by atoms with van der Waals surface area (Å²) in [5, 5.41) is 0. The van der Waals surface area contributed by atoms with E-state index in [1.54, 1.807) is 37.6 Å². The highest BCUT2D eigenvalue weighted by Gasteiger charge is 2.02. The van der Waals surface area contributed by atoms with Gasteiger partial charge in [0.2, 0.25) is 0 Å². The molecular formula is C15H13NO2. The van der Waals surface area contributed by atoms with E-state index in [1.165, 1.54) is 0 Å². The molecule has 0 atom stereocenters. The summed E-state index contributed by atoms with van der Waals surface area (Å²) in [7, 11) is 1.59. The Labute approximate surface area is 106 Å². The maximum Gasteiger partial charge on any atom is 0.276 e. The second kappa shape index (κ2) is 5.77. The summed E-state index contributed by atoms with van der Waals surface area (Å²) in [5.41, 5.74) is 1.45. The number of carbonyl (C=O) groups excluding carboxylic acids is 1. The SMILES string of the molecule is COc1ccc(C(=O)N=Cc2ccccc2)cc1. The minimum atomic E-state index is -0.262. The molecule has 0 saturated heterocycles. The van der Waals surface area contributed by atoms with E-state index in [9.17, 15) is 4.79 Å². The van der Waals surface area contributed by atoms with Crippen molar-refractivity contribution in [3.8, 4) is 5.75 Å². The van der Waals surface area contributed by atoms with Gasteiger partial charge in [0.05, 0.1) is 7.11 Å². The van der Waals surface area contributed by atoms with Gasteiger partial charge in [0.25, 0.3) is 5.91 Å². The number of ether oxygens (including phenoxy) is 1. The van der Waals surface area contributed by atoms with Crippen molar-refractivity contribution in [1.82, 2.24) is 0 Å². The lowest BCUT2D eigenvalue weighted by Gasteiger charge is -1.99. The van der Waals surface area contributed by atoms with Gasteiger partial charge in [0.15, 0.2) is 0 Å². The van der Waals surface area contributed by atoms with Crippen LogP contribution < -0.4 is 4.74 Å². The Morgan fingerprint density at radius 3 is 2.33 bits per heavy atom. The second-order valence-corrected chi connectivity index (χ2v) is 3.70. The van der Waals surface area contributed by atoms with E-state index in [-0.39, 0.29) is 5.91 Å². The topological polar surface area (TPSA) is 38.7 Å². The smallest absolute Gasteiger partial charge is 0.276 e. The molecule has 0 aliphatic rings. The van der Waals surface area contributed by atoms with Gasteiger partial charge in [-0.3, -0.25) is 4.79 Å². The Balaban J connectivity index is 2.09. The molecule has 0 aromatic heterocycles. The van der Waals surface area contributed by atoms with Gasteiger partial charge in [-0.05, 0) is 29.8 Å². The monoisotopic (exact) mass is 239 g/mol. The summed E-state index contributed by atoms with van der Waals surface area (Å²) in [6.45, 7) is 0. The predicted molar refractivity (Wildman–Crippen MR) is 71.4 cm³/mol. The molecule has 0 N–H and O–H groups in total. The van der Waals surface area contributed by atoms with Crippen molar-refractivity contribution in [1.29, 1.82) is 0 Å². The van der Waals surface area contributed by atoms with Gasteiger partial charge < -0.3 is 4.74 Å². The number of aliphatic imine (C=N–C) groups is 1. The quantitative estimate of drug-likeness (QED) is 0.772. The minimum absolute atomic E-state index is 0.262. The van der Waals surface area contributed by atoms with Crippen LogP contribution in [-0.2, 0) is 0 Å². The zero-order valence-electron chi connectivity index (χ0n) is 10.0. The number of carbonyl (C=O) groups is 1. The lowest BCUT2D eigenvalue weighted by molar-refractivity contribution is 0.100. The Morgan fingerprint density at radius 2 is 1.72 bits per heavy atom. The largest absolute Gasteiger partial charge is 0.497 e. The van der Waals surface area contributed by atoms with Crippen LogP contribution in [0.2, 0.25) is 0 Å².